The van der Waals surface area contributed by atoms with E-state index in [4.69, 9.17) is 9.05 Å². The van der Waals surface area contributed by atoms with Crippen LogP contribution in [0.1, 0.15) is 33.5 Å². The van der Waals surface area contributed by atoms with Crippen LogP contribution in [0.4, 0.5) is 0 Å². The van der Waals surface area contributed by atoms with Gasteiger partial charge in [-0.25, -0.2) is 4.57 Å². The average Bonchev–Trinajstić information content (AvgIpc) is 2.65. The number of hydrogen-bond acceptors (Lipinski definition) is 7. The molecule has 3 rings (SSSR count). The molecule has 0 fully saturated rings. The van der Waals surface area contributed by atoms with Crippen molar-refractivity contribution in [2.75, 3.05) is 0 Å². The third-order valence-corrected chi connectivity index (χ3v) is 5.44. The minimum atomic E-state index is -4.41. The molecule has 0 radical (unpaired) electrons. The van der Waals surface area contributed by atoms with Crippen LogP contribution in [-0.4, -0.2) is 26.0 Å². The van der Waals surface area contributed by atoms with Crippen molar-refractivity contribution in [3.8, 4) is 28.7 Å². The number of phenolic OH excluding ortho intramolecular Hbond substituents is 3. The normalized spacial score (nSPS) is 12.7. The summed E-state index contributed by atoms with van der Waals surface area (Å²) in [5.74, 6) is -1.51. The number of phosphoric ester groups is 1. The van der Waals surface area contributed by atoms with Crippen molar-refractivity contribution in [1.82, 2.24) is 0 Å². The molecule has 0 aromatic heterocycles. The average molecular weight is 458 g/mol. The van der Waals surface area contributed by atoms with E-state index in [-0.39, 0.29) is 35.7 Å². The van der Waals surface area contributed by atoms with Crippen LogP contribution in [0.15, 0.2) is 54.6 Å². The number of phenols is 3. The Morgan fingerprint density at radius 1 is 0.844 bits per heavy atom. The van der Waals surface area contributed by atoms with Crippen molar-refractivity contribution < 1.29 is 38.6 Å². The second-order valence-electron chi connectivity index (χ2n) is 7.40. The summed E-state index contributed by atoms with van der Waals surface area (Å²) in [4.78, 5) is 22.4. The maximum absolute atomic E-state index is 12.3. The summed E-state index contributed by atoms with van der Waals surface area (Å²) in [6, 6.07) is 13.3. The van der Waals surface area contributed by atoms with Gasteiger partial charge >= 0.3 is 7.82 Å². The number of hydrogen-bond donors (Lipinski definition) is 4. The summed E-state index contributed by atoms with van der Waals surface area (Å²) in [5.41, 5.74) is 2.24. The molecule has 0 aliphatic carbocycles. The molecule has 8 nitrogen and oxygen atoms in total. The molecule has 4 N–H and O–H groups in total. The largest absolute Gasteiger partial charge is 0.584 e. The van der Waals surface area contributed by atoms with Crippen LogP contribution < -0.4 is 9.05 Å². The van der Waals surface area contributed by atoms with E-state index in [0.717, 1.165) is 28.8 Å². The van der Waals surface area contributed by atoms with Gasteiger partial charge in [0.2, 0.25) is 0 Å². The molecule has 3 aromatic rings. The van der Waals surface area contributed by atoms with E-state index in [2.05, 4.69) is 0 Å². The lowest BCUT2D eigenvalue weighted by Gasteiger charge is -2.15. The second kappa shape index (κ2) is 9.34. The van der Waals surface area contributed by atoms with Gasteiger partial charge in [0.15, 0.2) is 5.78 Å². The fraction of sp³-hybridized carbons (Fsp3) is 0.174. The standard InChI is InChI=1S/C23H23O8P/c1-14-9-15(2)11-19(10-14)31-32(28,29)30-18-6-3-16(4-7-18)5-8-20(25)23-21(26)12-17(24)13-22(23)27/h3-4,6-7,9-13,24,26-27H,5,8H2,1-2H3,(H,28,29). The fourth-order valence-corrected chi connectivity index (χ4v) is 4.05. The van der Waals surface area contributed by atoms with E-state index < -0.39 is 25.1 Å². The van der Waals surface area contributed by atoms with E-state index in [1.165, 1.54) is 12.1 Å². The van der Waals surface area contributed by atoms with E-state index in [1.54, 1.807) is 24.3 Å². The van der Waals surface area contributed by atoms with Crippen LogP contribution in [0.3, 0.4) is 0 Å². The molecule has 0 aliphatic rings. The van der Waals surface area contributed by atoms with Crippen LogP contribution in [0, 0.1) is 13.8 Å². The highest BCUT2D eigenvalue weighted by molar-refractivity contribution is 7.48. The van der Waals surface area contributed by atoms with Crippen molar-refractivity contribution in [3.05, 3.63) is 76.9 Å². The molecule has 32 heavy (non-hydrogen) atoms. The molecule has 0 bridgehead atoms. The molecule has 168 valence electrons. The zero-order chi connectivity index (χ0) is 23.5. The van der Waals surface area contributed by atoms with Gasteiger partial charge in [-0.15, -0.1) is 0 Å². The summed E-state index contributed by atoms with van der Waals surface area (Å²) in [7, 11) is -4.41. The minimum absolute atomic E-state index is 0.0135. The van der Waals surface area contributed by atoms with Gasteiger partial charge in [-0.05, 0) is 61.2 Å². The molecule has 0 aliphatic heterocycles. The first-order valence-corrected chi connectivity index (χ1v) is 11.2. The Balaban J connectivity index is 1.61. The predicted molar refractivity (Wildman–Crippen MR) is 118 cm³/mol. The zero-order valence-corrected chi connectivity index (χ0v) is 18.4. The predicted octanol–water partition coefficient (Wildman–Crippen LogP) is 4.79. The van der Waals surface area contributed by atoms with Crippen molar-refractivity contribution >= 4 is 13.6 Å². The van der Waals surface area contributed by atoms with Gasteiger partial charge < -0.3 is 24.4 Å². The maximum Gasteiger partial charge on any atom is 0.584 e. The highest BCUT2D eigenvalue weighted by atomic mass is 31.2. The number of carbonyl (C=O) groups excluding carboxylic acids is 1. The van der Waals surface area contributed by atoms with Crippen LogP contribution in [-0.2, 0) is 11.0 Å². The van der Waals surface area contributed by atoms with Crippen LogP contribution in [0.25, 0.3) is 0 Å². The number of rotatable bonds is 8. The number of benzene rings is 3. The fourth-order valence-electron chi connectivity index (χ4n) is 3.25. The van der Waals surface area contributed by atoms with Crippen LogP contribution in [0.2, 0.25) is 0 Å². The second-order valence-corrected chi connectivity index (χ2v) is 8.70. The minimum Gasteiger partial charge on any atom is -0.508 e. The van der Waals surface area contributed by atoms with Gasteiger partial charge in [-0.3, -0.25) is 9.69 Å². The Morgan fingerprint density at radius 3 is 1.94 bits per heavy atom. The maximum atomic E-state index is 12.3. The molecular formula is C23H23O8P. The SMILES string of the molecule is Cc1cc(C)cc(OP(=O)(O)Oc2ccc(CCC(=O)c3c(O)cc(O)cc3O)cc2)c1. The quantitative estimate of drug-likeness (QED) is 0.280. The van der Waals surface area contributed by atoms with Crippen molar-refractivity contribution in [2.45, 2.75) is 26.7 Å². The lowest BCUT2D eigenvalue weighted by molar-refractivity contribution is 0.0977. The van der Waals surface area contributed by atoms with Gasteiger partial charge in [-0.2, -0.15) is 0 Å². The van der Waals surface area contributed by atoms with Crippen molar-refractivity contribution in [1.29, 1.82) is 0 Å². The lowest BCUT2D eigenvalue weighted by Crippen LogP contribution is -2.03. The Labute approximate surface area is 184 Å². The summed E-state index contributed by atoms with van der Waals surface area (Å²) in [6.45, 7) is 3.69. The molecule has 0 saturated heterocycles. The number of carbonyl (C=O) groups is 1. The smallest absolute Gasteiger partial charge is 0.508 e. The van der Waals surface area contributed by atoms with E-state index in [1.807, 2.05) is 19.9 Å². The van der Waals surface area contributed by atoms with Gasteiger partial charge in [-0.1, -0.05) is 18.2 Å². The third-order valence-electron chi connectivity index (χ3n) is 4.56. The van der Waals surface area contributed by atoms with E-state index >= 15 is 0 Å². The Hall–Kier alpha value is -3.48. The number of Topliss-reactive ketones (excluding diaryl/α,β-unsaturated/α-hetero) is 1. The highest BCUT2D eigenvalue weighted by Gasteiger charge is 2.25. The molecule has 0 saturated carbocycles. The molecule has 3 aromatic carbocycles. The van der Waals surface area contributed by atoms with E-state index in [9.17, 15) is 29.6 Å². The zero-order valence-electron chi connectivity index (χ0n) is 17.5. The summed E-state index contributed by atoms with van der Waals surface area (Å²) >= 11 is 0. The number of ketones is 1. The third kappa shape index (κ3) is 6.03. The van der Waals surface area contributed by atoms with Crippen molar-refractivity contribution in [3.63, 3.8) is 0 Å². The first-order chi connectivity index (χ1) is 15.0. The van der Waals surface area contributed by atoms with Crippen LogP contribution >= 0.6 is 7.82 Å². The molecule has 1 unspecified atom stereocenters. The summed E-state index contributed by atoms with van der Waals surface area (Å²) in [6.07, 6.45) is 0.273. The Bertz CT molecular complexity index is 1140. The molecular weight excluding hydrogens is 435 g/mol. The number of phosphoric acid groups is 1. The van der Waals surface area contributed by atoms with Crippen LogP contribution in [0.5, 0.6) is 28.7 Å². The van der Waals surface area contributed by atoms with Gasteiger partial charge in [0.1, 0.15) is 34.3 Å². The highest BCUT2D eigenvalue weighted by Crippen LogP contribution is 2.44. The van der Waals surface area contributed by atoms with Gasteiger partial charge in [0, 0.05) is 18.6 Å². The first-order valence-electron chi connectivity index (χ1n) is 9.70. The number of aromatic hydroxyl groups is 3. The molecule has 1 atom stereocenters. The van der Waals surface area contributed by atoms with Gasteiger partial charge in [0.25, 0.3) is 0 Å². The number of aryl methyl sites for hydroxylation is 3. The summed E-state index contributed by atoms with van der Waals surface area (Å²) < 4.78 is 22.6. The van der Waals surface area contributed by atoms with Crippen molar-refractivity contribution in [2.24, 2.45) is 0 Å². The topological polar surface area (TPSA) is 134 Å². The molecule has 0 heterocycles. The summed E-state index contributed by atoms with van der Waals surface area (Å²) in [5, 5.41) is 28.9. The Kier molecular flexibility index (Phi) is 6.77. The van der Waals surface area contributed by atoms with Gasteiger partial charge in [0.05, 0.1) is 0 Å². The molecule has 0 spiro atoms. The molecule has 0 amide bonds. The molecule has 9 heteroatoms. The monoisotopic (exact) mass is 458 g/mol. The first kappa shape index (κ1) is 23.2. The lowest BCUT2D eigenvalue weighted by atomic mass is 10.0. The Morgan fingerprint density at radius 2 is 1.38 bits per heavy atom. The van der Waals surface area contributed by atoms with E-state index in [0.29, 0.717) is 0 Å².